The molecule has 0 N–H and O–H groups in total. The Kier molecular flexibility index (Phi) is 75.7. The summed E-state index contributed by atoms with van der Waals surface area (Å²) >= 11 is 0. The normalized spacial score (nSPS) is 13.6. The van der Waals surface area contributed by atoms with Crippen molar-refractivity contribution >= 4 is 19.8 Å². The summed E-state index contributed by atoms with van der Waals surface area (Å²) in [4.78, 5) is 38.2. The molecule has 0 aliphatic rings. The molecule has 0 heterocycles. The van der Waals surface area contributed by atoms with Gasteiger partial charge in [-0.25, -0.2) is 0 Å². The van der Waals surface area contributed by atoms with Crippen molar-refractivity contribution in [1.82, 2.24) is 0 Å². The fraction of sp³-hybridized carbons (Fsp3) is 0.753. The smallest absolute Gasteiger partial charge is 0.306 e. The van der Waals surface area contributed by atoms with Gasteiger partial charge in [-0.05, 0) is 89.9 Å². The largest absolute Gasteiger partial charge is 0.756 e. The van der Waals surface area contributed by atoms with Crippen molar-refractivity contribution in [2.24, 2.45) is 0 Å². The number of hydrogen-bond donors (Lipinski definition) is 0. The molecule has 10 heteroatoms. The molecule has 0 aromatic rings. The third-order valence-electron chi connectivity index (χ3n) is 18.2. The number of phosphoric ester groups is 1. The van der Waals surface area contributed by atoms with Crippen molar-refractivity contribution < 1.29 is 42.1 Å². The van der Waals surface area contributed by atoms with Gasteiger partial charge in [0.2, 0.25) is 0 Å². The highest BCUT2D eigenvalue weighted by atomic mass is 31.2. The molecular formula is C89H158NO8P. The summed E-state index contributed by atoms with van der Waals surface area (Å²) in [7, 11) is 1.15. The Morgan fingerprint density at radius 3 is 0.859 bits per heavy atom. The van der Waals surface area contributed by atoms with Crippen LogP contribution in [0.2, 0.25) is 0 Å². The number of carbonyl (C=O) groups excluding carboxylic acids is 2. The first-order chi connectivity index (χ1) is 48.5. The summed E-state index contributed by atoms with van der Waals surface area (Å²) in [6.07, 6.45) is 113. The van der Waals surface area contributed by atoms with Gasteiger partial charge in [-0.1, -0.05) is 399 Å². The van der Waals surface area contributed by atoms with E-state index in [9.17, 15) is 19.0 Å². The van der Waals surface area contributed by atoms with Crippen LogP contribution in [0.25, 0.3) is 0 Å². The van der Waals surface area contributed by atoms with Gasteiger partial charge in [0.1, 0.15) is 19.8 Å². The van der Waals surface area contributed by atoms with Crippen molar-refractivity contribution in [3.8, 4) is 0 Å². The standard InChI is InChI=1S/C89H158NO8P/c1-6-8-10-12-14-16-18-20-22-24-26-28-30-32-34-36-38-40-42-43-44-45-46-48-49-51-53-55-57-59-61-63-65-67-69-71-73-75-77-79-81-88(91)95-85-87(86-97-99(93,94)96-84-83-90(3,4)5)98-89(92)82-80-78-76-74-72-70-68-66-64-62-60-58-56-54-52-50-47-41-39-37-35-33-31-29-27-25-23-21-19-17-15-13-11-9-7-2/h9,11,15,17,21,23,27,29,33,35,39,41,50,52,56,58,62,64,68,70,87H,6-8,10,12-14,16,18-20,22,24-26,28,30-32,34,36-38,40,42-49,51,53-55,57,59-61,63,65-67,69,71-86H2,1-5H3/b11-9-,17-15-,23-21-,29-27-,35-33-,41-39-,52-50-,58-56-,64-62-,70-68-. The number of likely N-dealkylation sites (N-methyl/N-ethyl adjacent to an activating group) is 1. The number of quaternary nitrogens is 1. The van der Waals surface area contributed by atoms with Crippen molar-refractivity contribution in [2.75, 3.05) is 47.5 Å². The average molecular weight is 1400 g/mol. The topological polar surface area (TPSA) is 111 Å². The molecule has 0 aromatic carbocycles. The van der Waals surface area contributed by atoms with Crippen LogP contribution >= 0.6 is 7.82 Å². The number of hydrogen-bond acceptors (Lipinski definition) is 8. The molecule has 0 saturated heterocycles. The minimum absolute atomic E-state index is 0.0407. The van der Waals surface area contributed by atoms with E-state index >= 15 is 0 Å². The molecule has 0 aromatic heterocycles. The SMILES string of the molecule is CC/C=C\C/C=C\C/C=C\C/C=C\C/C=C\C/C=C\C/C=C\C/C=C\C/C=C\C/C=C\CCCCCCC(=O)OC(COC(=O)CCCCCCCCCCCCCCCCCCCCCCCCCCCCCCCCCCCCCCCCCC)COP(=O)([O-])OCC[N+](C)(C)C. The molecule has 2 unspecified atom stereocenters. The highest BCUT2D eigenvalue weighted by molar-refractivity contribution is 7.45. The van der Waals surface area contributed by atoms with Gasteiger partial charge < -0.3 is 27.9 Å². The van der Waals surface area contributed by atoms with Crippen molar-refractivity contribution in [3.05, 3.63) is 122 Å². The lowest BCUT2D eigenvalue weighted by Gasteiger charge is -2.28. The van der Waals surface area contributed by atoms with E-state index in [0.29, 0.717) is 17.4 Å². The van der Waals surface area contributed by atoms with Gasteiger partial charge in [-0.2, -0.15) is 0 Å². The van der Waals surface area contributed by atoms with Gasteiger partial charge in [-0.15, -0.1) is 0 Å². The number of ether oxygens (including phenoxy) is 2. The second-order valence-electron chi connectivity index (χ2n) is 29.1. The quantitative estimate of drug-likeness (QED) is 0.0195. The molecule has 99 heavy (non-hydrogen) atoms. The summed E-state index contributed by atoms with van der Waals surface area (Å²) in [5.74, 6) is -0.856. The Morgan fingerprint density at radius 2 is 0.576 bits per heavy atom. The lowest BCUT2D eigenvalue weighted by atomic mass is 10.0. The van der Waals surface area contributed by atoms with E-state index < -0.39 is 26.5 Å². The minimum atomic E-state index is -4.66. The molecule has 0 aliphatic heterocycles. The second-order valence-corrected chi connectivity index (χ2v) is 30.5. The van der Waals surface area contributed by atoms with Gasteiger partial charge in [0.05, 0.1) is 27.7 Å². The predicted molar refractivity (Wildman–Crippen MR) is 429 cm³/mol. The maximum Gasteiger partial charge on any atom is 0.306 e. The van der Waals surface area contributed by atoms with E-state index in [1.807, 2.05) is 21.1 Å². The monoisotopic (exact) mass is 1400 g/mol. The molecule has 0 bridgehead atoms. The number of phosphoric acid groups is 1. The van der Waals surface area contributed by atoms with E-state index in [4.69, 9.17) is 18.5 Å². The average Bonchev–Trinajstić information content (AvgIpc) is 1.06. The van der Waals surface area contributed by atoms with Gasteiger partial charge in [0.15, 0.2) is 6.10 Å². The van der Waals surface area contributed by atoms with E-state index in [2.05, 4.69) is 135 Å². The van der Waals surface area contributed by atoms with Crippen LogP contribution in [-0.2, 0) is 32.7 Å². The third kappa shape index (κ3) is 83.2. The lowest BCUT2D eigenvalue weighted by Crippen LogP contribution is -2.37. The zero-order valence-corrected chi connectivity index (χ0v) is 66.3. The molecule has 2 atom stereocenters. The summed E-state index contributed by atoms with van der Waals surface area (Å²) in [6, 6.07) is 0. The molecule has 0 fully saturated rings. The predicted octanol–water partition coefficient (Wildman–Crippen LogP) is 27.5. The van der Waals surface area contributed by atoms with E-state index in [1.165, 1.54) is 238 Å². The zero-order valence-electron chi connectivity index (χ0n) is 65.4. The van der Waals surface area contributed by atoms with Crippen molar-refractivity contribution in [2.45, 2.75) is 386 Å². The van der Waals surface area contributed by atoms with Crippen molar-refractivity contribution in [1.29, 1.82) is 0 Å². The van der Waals surface area contributed by atoms with E-state index in [1.54, 1.807) is 0 Å². The van der Waals surface area contributed by atoms with Crippen LogP contribution < -0.4 is 4.89 Å². The van der Waals surface area contributed by atoms with Gasteiger partial charge in [-0.3, -0.25) is 14.2 Å². The summed E-state index contributed by atoms with van der Waals surface area (Å²) < 4.78 is 34.4. The number of nitrogens with zero attached hydrogens (tertiary/aromatic N) is 1. The molecular weight excluding hydrogens is 1240 g/mol. The molecule has 572 valence electrons. The fourth-order valence-electron chi connectivity index (χ4n) is 11.9. The lowest BCUT2D eigenvalue weighted by molar-refractivity contribution is -0.870. The molecule has 0 aliphatic carbocycles. The minimum Gasteiger partial charge on any atom is -0.756 e. The first kappa shape index (κ1) is 95.4. The van der Waals surface area contributed by atoms with Gasteiger partial charge >= 0.3 is 11.9 Å². The molecule has 0 amide bonds. The highest BCUT2D eigenvalue weighted by Crippen LogP contribution is 2.38. The van der Waals surface area contributed by atoms with Gasteiger partial charge in [0.25, 0.3) is 7.82 Å². The van der Waals surface area contributed by atoms with Crippen LogP contribution in [-0.4, -0.2) is 70.0 Å². The first-order valence-corrected chi connectivity index (χ1v) is 43.2. The number of unbranched alkanes of at least 4 members (excludes halogenated alkanes) is 43. The molecule has 0 spiro atoms. The Hall–Kier alpha value is -3.59. The first-order valence-electron chi connectivity index (χ1n) is 41.7. The molecule has 9 nitrogen and oxygen atoms in total. The van der Waals surface area contributed by atoms with Crippen LogP contribution in [0, 0.1) is 0 Å². The Labute approximate surface area is 613 Å². The summed E-state index contributed by atoms with van der Waals surface area (Å²) in [6.45, 7) is 4.14. The van der Waals surface area contributed by atoms with Crippen LogP contribution in [0.5, 0.6) is 0 Å². The second kappa shape index (κ2) is 78.5. The molecule has 0 rings (SSSR count). The Morgan fingerprint density at radius 1 is 0.323 bits per heavy atom. The number of carbonyl (C=O) groups is 2. The maximum absolute atomic E-state index is 12.9. The summed E-state index contributed by atoms with van der Waals surface area (Å²) in [5, 5.41) is 0. The maximum atomic E-state index is 12.9. The van der Waals surface area contributed by atoms with Crippen LogP contribution in [0.4, 0.5) is 0 Å². The van der Waals surface area contributed by atoms with Crippen LogP contribution in [0.15, 0.2) is 122 Å². The number of esters is 2. The third-order valence-corrected chi connectivity index (χ3v) is 19.2. The fourth-order valence-corrected chi connectivity index (χ4v) is 12.7. The number of allylic oxidation sites excluding steroid dienone is 20. The molecule has 0 saturated carbocycles. The van der Waals surface area contributed by atoms with Crippen LogP contribution in [0.3, 0.4) is 0 Å². The molecule has 0 radical (unpaired) electrons. The Bertz CT molecular complexity index is 2090. The Balaban J connectivity index is 3.99. The number of rotatable bonds is 77. The van der Waals surface area contributed by atoms with Crippen molar-refractivity contribution in [3.63, 3.8) is 0 Å². The van der Waals surface area contributed by atoms with E-state index in [-0.39, 0.29) is 32.0 Å². The van der Waals surface area contributed by atoms with E-state index in [0.717, 1.165) is 109 Å². The zero-order chi connectivity index (χ0) is 71.8. The van der Waals surface area contributed by atoms with Gasteiger partial charge in [0, 0.05) is 12.8 Å². The van der Waals surface area contributed by atoms with Crippen LogP contribution in [0.1, 0.15) is 380 Å². The highest BCUT2D eigenvalue weighted by Gasteiger charge is 2.22. The summed E-state index contributed by atoms with van der Waals surface area (Å²) in [5.41, 5.74) is 0.